The molecule has 6 heteroatoms. The lowest BCUT2D eigenvalue weighted by Crippen LogP contribution is -2.18. The van der Waals surface area contributed by atoms with E-state index in [1.54, 1.807) is 24.3 Å². The molecule has 1 atom stereocenters. The second kappa shape index (κ2) is 8.11. The van der Waals surface area contributed by atoms with Gasteiger partial charge in [0.15, 0.2) is 0 Å². The van der Waals surface area contributed by atoms with Crippen LogP contribution in [0.1, 0.15) is 31.4 Å². The highest BCUT2D eigenvalue weighted by molar-refractivity contribution is 5.28. The predicted molar refractivity (Wildman–Crippen MR) is 68.7 cm³/mol. The molecule has 1 aromatic carbocycles. The summed E-state index contributed by atoms with van der Waals surface area (Å²) >= 11 is 0. The van der Waals surface area contributed by atoms with E-state index < -0.39 is 18.9 Å². The van der Waals surface area contributed by atoms with Crippen molar-refractivity contribution in [1.82, 2.24) is 0 Å². The van der Waals surface area contributed by atoms with Crippen molar-refractivity contribution >= 4 is 0 Å². The summed E-state index contributed by atoms with van der Waals surface area (Å²) in [5.74, 6) is 0.618. The molecule has 0 fully saturated rings. The molecule has 0 amide bonds. The number of benzene rings is 1. The van der Waals surface area contributed by atoms with Crippen molar-refractivity contribution in [3.63, 3.8) is 0 Å². The van der Waals surface area contributed by atoms with Gasteiger partial charge in [-0.1, -0.05) is 19.1 Å². The maximum Gasteiger partial charge on any atom is 0.411 e. The minimum absolute atomic E-state index is 0.00609. The Morgan fingerprint density at radius 3 is 2.35 bits per heavy atom. The van der Waals surface area contributed by atoms with Gasteiger partial charge in [0.05, 0.1) is 19.3 Å². The topological polar surface area (TPSA) is 38.7 Å². The lowest BCUT2D eigenvalue weighted by atomic mass is 10.1. The molecule has 0 radical (unpaired) electrons. The van der Waals surface area contributed by atoms with Crippen LogP contribution in [0, 0.1) is 0 Å². The van der Waals surface area contributed by atoms with Crippen molar-refractivity contribution in [3.8, 4) is 5.75 Å². The van der Waals surface area contributed by atoms with Gasteiger partial charge in [-0.15, -0.1) is 0 Å². The van der Waals surface area contributed by atoms with Gasteiger partial charge in [0.1, 0.15) is 12.4 Å². The summed E-state index contributed by atoms with van der Waals surface area (Å²) in [5.41, 5.74) is 0.813. The number of ether oxygens (including phenoxy) is 2. The van der Waals surface area contributed by atoms with Gasteiger partial charge in [-0.25, -0.2) is 0 Å². The Balaban J connectivity index is 2.19. The van der Waals surface area contributed by atoms with E-state index in [9.17, 15) is 18.3 Å². The van der Waals surface area contributed by atoms with Gasteiger partial charge in [-0.3, -0.25) is 0 Å². The van der Waals surface area contributed by atoms with Crippen LogP contribution in [0.5, 0.6) is 5.75 Å². The average molecular weight is 292 g/mol. The van der Waals surface area contributed by atoms with Crippen molar-refractivity contribution in [1.29, 1.82) is 0 Å². The molecule has 114 valence electrons. The van der Waals surface area contributed by atoms with Crippen LogP contribution in [0.25, 0.3) is 0 Å². The minimum atomic E-state index is -4.28. The second-order valence-corrected chi connectivity index (χ2v) is 4.36. The van der Waals surface area contributed by atoms with E-state index in [0.29, 0.717) is 18.6 Å². The van der Waals surface area contributed by atoms with Crippen molar-refractivity contribution in [2.24, 2.45) is 0 Å². The monoisotopic (exact) mass is 292 g/mol. The number of halogens is 3. The summed E-state index contributed by atoms with van der Waals surface area (Å²) in [6.45, 7) is 0.951. The average Bonchev–Trinajstić information content (AvgIpc) is 2.41. The Labute approximate surface area is 116 Å². The van der Waals surface area contributed by atoms with E-state index in [1.165, 1.54) is 0 Å². The Kier molecular flexibility index (Phi) is 6.81. The second-order valence-electron chi connectivity index (χ2n) is 4.36. The van der Waals surface area contributed by atoms with Crippen molar-refractivity contribution < 1.29 is 27.8 Å². The molecule has 0 spiro atoms. The lowest BCUT2D eigenvalue weighted by Gasteiger charge is -2.10. The highest BCUT2D eigenvalue weighted by atomic mass is 19.4. The van der Waals surface area contributed by atoms with Crippen LogP contribution in [0.4, 0.5) is 13.2 Å². The standard InChI is InChI=1S/C14H19F3O3/c1-2-13(18)11-4-6-12(7-5-11)20-9-3-8-19-10-14(15,16)17/h4-7,13,18H,2-3,8-10H2,1H3. The molecule has 0 aliphatic heterocycles. The van der Waals surface area contributed by atoms with E-state index in [4.69, 9.17) is 4.74 Å². The molecule has 1 aromatic rings. The molecule has 0 saturated heterocycles. The van der Waals surface area contributed by atoms with Crippen LogP contribution in [0.2, 0.25) is 0 Å². The number of hydrogen-bond donors (Lipinski definition) is 1. The SMILES string of the molecule is CCC(O)c1ccc(OCCCOCC(F)(F)F)cc1. The lowest BCUT2D eigenvalue weighted by molar-refractivity contribution is -0.174. The molecular formula is C14H19F3O3. The van der Waals surface area contributed by atoms with Crippen molar-refractivity contribution in [2.75, 3.05) is 19.8 Å². The molecule has 1 N–H and O–H groups in total. The summed E-state index contributed by atoms with van der Waals surface area (Å²) in [4.78, 5) is 0. The van der Waals surface area contributed by atoms with Crippen LogP contribution in [-0.2, 0) is 4.74 Å². The number of aliphatic hydroxyl groups is 1. The Morgan fingerprint density at radius 2 is 1.80 bits per heavy atom. The van der Waals surface area contributed by atoms with Crippen LogP contribution in [0.3, 0.4) is 0 Å². The van der Waals surface area contributed by atoms with Crippen LogP contribution in [0.15, 0.2) is 24.3 Å². The Morgan fingerprint density at radius 1 is 1.15 bits per heavy atom. The van der Waals surface area contributed by atoms with Crippen molar-refractivity contribution in [2.45, 2.75) is 32.0 Å². The zero-order chi connectivity index (χ0) is 15.0. The van der Waals surface area contributed by atoms with Gasteiger partial charge < -0.3 is 14.6 Å². The summed E-state index contributed by atoms with van der Waals surface area (Å²) in [7, 11) is 0. The zero-order valence-corrected chi connectivity index (χ0v) is 11.3. The van der Waals surface area contributed by atoms with Gasteiger partial charge >= 0.3 is 6.18 Å². The van der Waals surface area contributed by atoms with Gasteiger partial charge in [-0.2, -0.15) is 13.2 Å². The summed E-state index contributed by atoms with van der Waals surface area (Å²) in [5, 5.41) is 9.61. The maximum absolute atomic E-state index is 11.8. The largest absolute Gasteiger partial charge is 0.494 e. The quantitative estimate of drug-likeness (QED) is 0.746. The molecule has 1 rings (SSSR count). The highest BCUT2D eigenvalue weighted by Crippen LogP contribution is 2.20. The third kappa shape index (κ3) is 6.77. The van der Waals surface area contributed by atoms with E-state index >= 15 is 0 Å². The smallest absolute Gasteiger partial charge is 0.411 e. The molecule has 0 heterocycles. The van der Waals surface area contributed by atoms with E-state index in [2.05, 4.69) is 4.74 Å². The Bertz CT molecular complexity index is 376. The van der Waals surface area contributed by atoms with E-state index in [1.807, 2.05) is 6.92 Å². The molecule has 0 aliphatic carbocycles. The third-order valence-electron chi connectivity index (χ3n) is 2.62. The molecule has 0 bridgehead atoms. The molecular weight excluding hydrogens is 273 g/mol. The van der Waals surface area contributed by atoms with Gasteiger partial charge in [0.2, 0.25) is 0 Å². The normalized spacial score (nSPS) is 13.2. The molecule has 0 saturated carbocycles. The highest BCUT2D eigenvalue weighted by Gasteiger charge is 2.27. The number of aliphatic hydroxyl groups excluding tert-OH is 1. The molecule has 3 nitrogen and oxygen atoms in total. The predicted octanol–water partition coefficient (Wildman–Crippen LogP) is 3.48. The number of hydrogen-bond acceptors (Lipinski definition) is 3. The van der Waals surface area contributed by atoms with Crippen LogP contribution >= 0.6 is 0 Å². The first-order valence-electron chi connectivity index (χ1n) is 6.47. The van der Waals surface area contributed by atoms with E-state index in [0.717, 1.165) is 5.56 Å². The van der Waals surface area contributed by atoms with Gasteiger partial charge in [0.25, 0.3) is 0 Å². The first-order valence-corrected chi connectivity index (χ1v) is 6.47. The van der Waals surface area contributed by atoms with Gasteiger partial charge in [0, 0.05) is 6.42 Å². The van der Waals surface area contributed by atoms with Crippen LogP contribution < -0.4 is 4.74 Å². The first kappa shape index (κ1) is 16.8. The fourth-order valence-electron chi connectivity index (χ4n) is 1.56. The van der Waals surface area contributed by atoms with E-state index in [-0.39, 0.29) is 13.2 Å². The summed E-state index contributed by atoms with van der Waals surface area (Å²) in [6.07, 6.45) is -3.75. The van der Waals surface area contributed by atoms with Crippen LogP contribution in [-0.4, -0.2) is 31.1 Å². The fourth-order valence-corrected chi connectivity index (χ4v) is 1.56. The Hall–Kier alpha value is -1.27. The maximum atomic E-state index is 11.8. The molecule has 0 aromatic heterocycles. The summed E-state index contributed by atoms with van der Waals surface area (Å²) in [6, 6.07) is 6.99. The molecule has 1 unspecified atom stereocenters. The minimum Gasteiger partial charge on any atom is -0.494 e. The van der Waals surface area contributed by atoms with Crippen molar-refractivity contribution in [3.05, 3.63) is 29.8 Å². The molecule has 20 heavy (non-hydrogen) atoms. The fraction of sp³-hybridized carbons (Fsp3) is 0.571. The number of rotatable bonds is 8. The zero-order valence-electron chi connectivity index (χ0n) is 11.3. The molecule has 0 aliphatic rings. The summed E-state index contributed by atoms with van der Waals surface area (Å²) < 4.78 is 45.2. The number of alkyl halides is 3. The van der Waals surface area contributed by atoms with Gasteiger partial charge in [-0.05, 0) is 24.1 Å². The first-order chi connectivity index (χ1) is 9.42. The third-order valence-corrected chi connectivity index (χ3v) is 2.62.